The lowest BCUT2D eigenvalue weighted by molar-refractivity contribution is 0.472. The number of nitrogens with zero attached hydrogens (tertiary/aromatic N) is 3. The van der Waals surface area contributed by atoms with Crippen LogP contribution in [0.1, 0.15) is 34.7 Å². The van der Waals surface area contributed by atoms with Crippen LogP contribution < -0.4 is 10.2 Å². The second-order valence-electron chi connectivity index (χ2n) is 8.31. The summed E-state index contributed by atoms with van der Waals surface area (Å²) in [4.78, 5) is 6.51. The van der Waals surface area contributed by atoms with Crippen molar-refractivity contribution in [3.63, 3.8) is 0 Å². The second-order valence-corrected chi connectivity index (χ2v) is 9.13. The summed E-state index contributed by atoms with van der Waals surface area (Å²) in [5, 5.41) is 24.9. The largest absolute Gasteiger partial charge is 0.508 e. The number of anilines is 1. The van der Waals surface area contributed by atoms with Crippen molar-refractivity contribution in [3.8, 4) is 17.2 Å². The number of rotatable bonds is 4. The third-order valence-corrected chi connectivity index (χ3v) is 6.74. The Morgan fingerprint density at radius 3 is 2.47 bits per heavy atom. The van der Waals surface area contributed by atoms with Gasteiger partial charge in [-0.1, -0.05) is 17.7 Å². The fraction of sp³-hybridized carbons (Fsp3) is 0.154. The first-order valence-corrected chi connectivity index (χ1v) is 11.6. The molecule has 0 unspecified atom stereocenters. The van der Waals surface area contributed by atoms with Gasteiger partial charge < -0.3 is 25.0 Å². The zero-order valence-electron chi connectivity index (χ0n) is 18.6. The Labute approximate surface area is 208 Å². The molecule has 0 spiro atoms. The maximum atomic E-state index is 10.7. The number of aromatic hydroxyl groups is 2. The number of hydrogen-bond donors (Lipinski definition) is 3. The van der Waals surface area contributed by atoms with Gasteiger partial charge in [0.05, 0.1) is 23.5 Å². The number of phenolic OH excluding ortho intramolecular Hbond substituents is 2. The lowest BCUT2D eigenvalue weighted by Gasteiger charge is -2.28. The van der Waals surface area contributed by atoms with Gasteiger partial charge in [0.15, 0.2) is 5.11 Å². The molecule has 34 heavy (non-hydrogen) atoms. The molecule has 0 aliphatic carbocycles. The van der Waals surface area contributed by atoms with E-state index in [2.05, 4.69) is 27.9 Å². The molecule has 0 amide bonds. The van der Waals surface area contributed by atoms with E-state index in [0.29, 0.717) is 15.8 Å². The minimum Gasteiger partial charge on any atom is -0.508 e. The number of nitrogens with one attached hydrogen (secondary N) is 1. The fourth-order valence-corrected chi connectivity index (χ4v) is 5.21. The van der Waals surface area contributed by atoms with Gasteiger partial charge in [-0.2, -0.15) is 0 Å². The molecule has 172 valence electrons. The van der Waals surface area contributed by atoms with E-state index in [1.807, 2.05) is 42.2 Å². The molecule has 1 saturated heterocycles. The van der Waals surface area contributed by atoms with Gasteiger partial charge in [0.2, 0.25) is 0 Å². The molecular formula is C26H23ClN4O2S. The number of hydrogen-bond acceptors (Lipinski definition) is 4. The number of thiocarbonyl (C=S) groups is 1. The minimum absolute atomic E-state index is 0.0903. The molecule has 8 heteroatoms. The number of phenols is 2. The molecule has 0 saturated carbocycles. The van der Waals surface area contributed by atoms with E-state index >= 15 is 0 Å². The number of aromatic nitrogens is 2. The molecule has 0 bridgehead atoms. The van der Waals surface area contributed by atoms with Crippen molar-refractivity contribution in [3.05, 3.63) is 101 Å². The van der Waals surface area contributed by atoms with Crippen LogP contribution in [0.25, 0.3) is 5.69 Å². The van der Waals surface area contributed by atoms with Crippen LogP contribution in [0.5, 0.6) is 11.5 Å². The lowest BCUT2D eigenvalue weighted by atomic mass is 9.96. The summed E-state index contributed by atoms with van der Waals surface area (Å²) in [6.45, 7) is 4.10. The van der Waals surface area contributed by atoms with Gasteiger partial charge in [0.1, 0.15) is 11.5 Å². The first-order valence-electron chi connectivity index (χ1n) is 10.8. The van der Waals surface area contributed by atoms with Crippen molar-refractivity contribution in [2.75, 3.05) is 4.90 Å². The third-order valence-electron chi connectivity index (χ3n) is 6.19. The molecule has 2 aromatic heterocycles. The molecule has 4 aromatic rings. The molecule has 0 radical (unpaired) electrons. The SMILES string of the molecule is Cc1cc([C@H]2[C@@H](c3ccccn3)NC(=S)N2c2cc(Cl)ccc2O)c(C)n1-c1ccc(O)cc1. The molecule has 3 heterocycles. The molecule has 6 nitrogen and oxygen atoms in total. The number of pyridine rings is 1. The van der Waals surface area contributed by atoms with Crippen LogP contribution in [0.2, 0.25) is 5.02 Å². The zero-order chi connectivity index (χ0) is 24.0. The Morgan fingerprint density at radius 1 is 1.00 bits per heavy atom. The van der Waals surface area contributed by atoms with E-state index in [1.54, 1.807) is 36.5 Å². The Bertz CT molecular complexity index is 1370. The normalized spacial score (nSPS) is 17.7. The van der Waals surface area contributed by atoms with Crippen LogP contribution in [-0.2, 0) is 0 Å². The van der Waals surface area contributed by atoms with Gasteiger partial charge >= 0.3 is 0 Å². The van der Waals surface area contributed by atoms with Crippen molar-refractivity contribution in [1.29, 1.82) is 0 Å². The van der Waals surface area contributed by atoms with Crippen LogP contribution in [0.3, 0.4) is 0 Å². The first kappa shape index (κ1) is 22.3. The van der Waals surface area contributed by atoms with Gasteiger partial charge in [0, 0.05) is 28.3 Å². The predicted molar refractivity (Wildman–Crippen MR) is 138 cm³/mol. The van der Waals surface area contributed by atoms with Crippen molar-refractivity contribution in [2.24, 2.45) is 0 Å². The highest BCUT2D eigenvalue weighted by atomic mass is 35.5. The van der Waals surface area contributed by atoms with E-state index in [4.69, 9.17) is 23.8 Å². The Morgan fingerprint density at radius 2 is 1.76 bits per heavy atom. The van der Waals surface area contributed by atoms with Crippen molar-refractivity contribution in [1.82, 2.24) is 14.9 Å². The average Bonchev–Trinajstić information content (AvgIpc) is 3.32. The average molecular weight is 491 g/mol. The third kappa shape index (κ3) is 3.77. The molecule has 5 rings (SSSR count). The van der Waals surface area contributed by atoms with Crippen LogP contribution in [0, 0.1) is 13.8 Å². The van der Waals surface area contributed by atoms with Crippen LogP contribution >= 0.6 is 23.8 Å². The molecule has 3 N–H and O–H groups in total. The summed E-state index contributed by atoms with van der Waals surface area (Å²) < 4.78 is 2.14. The number of benzene rings is 2. The van der Waals surface area contributed by atoms with Crippen molar-refractivity contribution < 1.29 is 10.2 Å². The smallest absolute Gasteiger partial charge is 0.174 e. The monoisotopic (exact) mass is 490 g/mol. The van der Waals surface area contributed by atoms with E-state index in [1.165, 1.54) is 0 Å². The van der Waals surface area contributed by atoms with Gasteiger partial charge in [-0.3, -0.25) is 4.98 Å². The standard InChI is InChI=1S/C26H23ClN4O2S/c1-15-13-20(16(2)30(15)18-7-9-19(32)10-8-18)25-24(21-5-3-4-12-28-21)29-26(34)31(25)22-14-17(27)6-11-23(22)33/h3-14,24-25,32-33H,1-2H3,(H,29,34)/t24-,25+/m1/s1. The highest BCUT2D eigenvalue weighted by molar-refractivity contribution is 7.80. The summed E-state index contributed by atoms with van der Waals surface area (Å²) in [6.07, 6.45) is 1.76. The predicted octanol–water partition coefficient (Wildman–Crippen LogP) is 5.73. The van der Waals surface area contributed by atoms with E-state index in [0.717, 1.165) is 28.3 Å². The van der Waals surface area contributed by atoms with Crippen molar-refractivity contribution >= 4 is 34.6 Å². The minimum atomic E-state index is -0.288. The first-order chi connectivity index (χ1) is 16.3. The Kier molecular flexibility index (Phi) is 5.67. The van der Waals surface area contributed by atoms with Crippen LogP contribution in [0.4, 0.5) is 5.69 Å². The van der Waals surface area contributed by atoms with E-state index < -0.39 is 0 Å². The van der Waals surface area contributed by atoms with Crippen LogP contribution in [0.15, 0.2) is 72.9 Å². The molecule has 1 aliphatic rings. The van der Waals surface area contributed by atoms with E-state index in [9.17, 15) is 10.2 Å². The molecule has 1 aliphatic heterocycles. The summed E-state index contributed by atoms with van der Waals surface area (Å²) in [7, 11) is 0. The van der Waals surface area contributed by atoms with Gasteiger partial charge in [-0.25, -0.2) is 0 Å². The zero-order valence-corrected chi connectivity index (χ0v) is 20.2. The highest BCUT2D eigenvalue weighted by Gasteiger charge is 2.43. The van der Waals surface area contributed by atoms with E-state index in [-0.39, 0.29) is 23.6 Å². The quantitative estimate of drug-likeness (QED) is 0.317. The highest BCUT2D eigenvalue weighted by Crippen LogP contribution is 2.46. The molecule has 2 atom stereocenters. The Balaban J connectivity index is 1.70. The fourth-order valence-electron chi connectivity index (χ4n) is 4.71. The number of halogens is 1. The summed E-state index contributed by atoms with van der Waals surface area (Å²) in [5.41, 5.74) is 5.40. The van der Waals surface area contributed by atoms with Gasteiger partial charge in [-0.05, 0) is 92.3 Å². The van der Waals surface area contributed by atoms with Crippen molar-refractivity contribution in [2.45, 2.75) is 25.9 Å². The maximum absolute atomic E-state index is 10.7. The summed E-state index contributed by atoms with van der Waals surface area (Å²) in [6, 6.07) is 19.4. The number of aryl methyl sites for hydroxylation is 1. The molecular weight excluding hydrogens is 468 g/mol. The van der Waals surface area contributed by atoms with Crippen LogP contribution in [-0.4, -0.2) is 24.9 Å². The summed E-state index contributed by atoms with van der Waals surface area (Å²) >= 11 is 12.1. The summed E-state index contributed by atoms with van der Waals surface area (Å²) in [5.74, 6) is 0.308. The van der Waals surface area contributed by atoms with Gasteiger partial charge in [-0.15, -0.1) is 0 Å². The molecule has 1 fully saturated rings. The molecule has 2 aromatic carbocycles. The van der Waals surface area contributed by atoms with Gasteiger partial charge in [0.25, 0.3) is 0 Å². The second kappa shape index (κ2) is 8.66. The topological polar surface area (TPSA) is 73.5 Å². The lowest BCUT2D eigenvalue weighted by Crippen LogP contribution is -2.29. The Hall–Kier alpha value is -3.55. The maximum Gasteiger partial charge on any atom is 0.174 e.